The highest BCUT2D eigenvalue weighted by atomic mass is 16.5. The summed E-state index contributed by atoms with van der Waals surface area (Å²) in [5, 5.41) is 0. The minimum absolute atomic E-state index is 0.0363. The summed E-state index contributed by atoms with van der Waals surface area (Å²) < 4.78 is 5.24. The molecule has 0 heterocycles. The topological polar surface area (TPSA) is 26.3 Å². The maximum Gasteiger partial charge on any atom is 0.306 e. The lowest BCUT2D eigenvalue weighted by molar-refractivity contribution is -0.148. The average Bonchev–Trinajstić information content (AvgIpc) is 2.44. The first kappa shape index (κ1) is 19.2. The monoisotopic (exact) mass is 282 g/mol. The Morgan fingerprint density at radius 1 is 0.950 bits per heavy atom. The first-order valence-corrected chi connectivity index (χ1v) is 8.55. The third kappa shape index (κ3) is 13.6. The molecule has 2 heteroatoms. The van der Waals surface area contributed by atoms with Crippen LogP contribution in [0, 0.1) is 0 Å². The zero-order valence-electron chi connectivity index (χ0n) is 13.8. The number of rotatable bonds is 13. The molecule has 0 aromatic heterocycles. The second-order valence-corrected chi connectivity index (χ2v) is 5.63. The highest BCUT2D eigenvalue weighted by Crippen LogP contribution is 2.08. The summed E-state index contributed by atoms with van der Waals surface area (Å²) >= 11 is 0. The van der Waals surface area contributed by atoms with E-state index < -0.39 is 0 Å². The smallest absolute Gasteiger partial charge is 0.306 e. The molecule has 0 radical (unpaired) electrons. The number of unbranched alkanes of at least 4 members (excludes halogenated alkanes) is 7. The van der Waals surface area contributed by atoms with Crippen LogP contribution in [-0.4, -0.2) is 12.1 Å². The van der Waals surface area contributed by atoms with E-state index in [2.05, 4.69) is 19.1 Å². The van der Waals surface area contributed by atoms with Crippen molar-refractivity contribution in [2.75, 3.05) is 0 Å². The van der Waals surface area contributed by atoms with Crippen molar-refractivity contribution in [3.63, 3.8) is 0 Å². The molecule has 0 rings (SSSR count). The first-order valence-electron chi connectivity index (χ1n) is 8.55. The van der Waals surface area contributed by atoms with Gasteiger partial charge in [0.15, 0.2) is 0 Å². The minimum atomic E-state index is -0.0363. The summed E-state index contributed by atoms with van der Waals surface area (Å²) in [4.78, 5) is 11.4. The van der Waals surface area contributed by atoms with E-state index in [9.17, 15) is 4.79 Å². The molecule has 0 N–H and O–H groups in total. The lowest BCUT2D eigenvalue weighted by Gasteiger charge is -2.10. The van der Waals surface area contributed by atoms with Gasteiger partial charge in [-0.05, 0) is 45.4 Å². The number of allylic oxidation sites excluding steroid dienone is 2. The largest absolute Gasteiger partial charge is 0.463 e. The summed E-state index contributed by atoms with van der Waals surface area (Å²) in [6.07, 6.45) is 17.1. The van der Waals surface area contributed by atoms with Gasteiger partial charge < -0.3 is 4.74 Å². The molecule has 0 saturated carbocycles. The Bertz CT molecular complexity index is 246. The molecule has 0 aliphatic heterocycles. The van der Waals surface area contributed by atoms with E-state index in [1.54, 1.807) is 0 Å². The van der Waals surface area contributed by atoms with E-state index in [-0.39, 0.29) is 12.1 Å². The second kappa shape index (κ2) is 14.6. The van der Waals surface area contributed by atoms with Gasteiger partial charge in [-0.25, -0.2) is 0 Å². The molecule has 20 heavy (non-hydrogen) atoms. The molecule has 1 unspecified atom stereocenters. The summed E-state index contributed by atoms with van der Waals surface area (Å²) in [7, 11) is 0. The van der Waals surface area contributed by atoms with E-state index in [1.807, 2.05) is 13.8 Å². The van der Waals surface area contributed by atoms with E-state index in [4.69, 9.17) is 4.74 Å². The summed E-state index contributed by atoms with van der Waals surface area (Å²) in [5.41, 5.74) is 0. The highest BCUT2D eigenvalue weighted by Gasteiger charge is 2.06. The molecular weight excluding hydrogens is 248 g/mol. The van der Waals surface area contributed by atoms with Crippen molar-refractivity contribution < 1.29 is 9.53 Å². The third-order valence-corrected chi connectivity index (χ3v) is 3.55. The van der Waals surface area contributed by atoms with Gasteiger partial charge in [0.1, 0.15) is 0 Å². The van der Waals surface area contributed by atoms with Gasteiger partial charge >= 0.3 is 5.97 Å². The van der Waals surface area contributed by atoms with Crippen molar-refractivity contribution in [3.8, 4) is 0 Å². The van der Waals surface area contributed by atoms with Gasteiger partial charge in [-0.1, -0.05) is 51.7 Å². The van der Waals surface area contributed by atoms with Gasteiger partial charge in [-0.2, -0.15) is 0 Å². The van der Waals surface area contributed by atoms with E-state index in [0.717, 1.165) is 25.7 Å². The van der Waals surface area contributed by atoms with Crippen LogP contribution >= 0.6 is 0 Å². The first-order chi connectivity index (χ1) is 9.70. The third-order valence-electron chi connectivity index (χ3n) is 3.55. The van der Waals surface area contributed by atoms with Crippen LogP contribution in [0.3, 0.4) is 0 Å². The normalized spacial score (nSPS) is 12.8. The zero-order valence-corrected chi connectivity index (χ0v) is 13.8. The van der Waals surface area contributed by atoms with Crippen LogP contribution in [0.15, 0.2) is 12.2 Å². The molecule has 1 atom stereocenters. The average molecular weight is 282 g/mol. The van der Waals surface area contributed by atoms with Crippen molar-refractivity contribution in [1.82, 2.24) is 0 Å². The van der Waals surface area contributed by atoms with Crippen LogP contribution in [0.1, 0.15) is 91.4 Å². The predicted molar refractivity (Wildman–Crippen MR) is 86.8 cm³/mol. The van der Waals surface area contributed by atoms with Crippen LogP contribution in [0.2, 0.25) is 0 Å². The van der Waals surface area contributed by atoms with Gasteiger partial charge in [0.05, 0.1) is 6.10 Å². The Morgan fingerprint density at radius 3 is 2.10 bits per heavy atom. The van der Waals surface area contributed by atoms with Crippen LogP contribution < -0.4 is 0 Å². The summed E-state index contributed by atoms with van der Waals surface area (Å²) in [6.45, 7) is 6.23. The Balaban J connectivity index is 3.27. The number of hydrogen-bond acceptors (Lipinski definition) is 2. The summed E-state index contributed by atoms with van der Waals surface area (Å²) in [5.74, 6) is -0.0363. The van der Waals surface area contributed by atoms with Crippen molar-refractivity contribution in [1.29, 1.82) is 0 Å². The van der Waals surface area contributed by atoms with Crippen molar-refractivity contribution >= 4 is 5.97 Å². The number of carbonyl (C=O) groups is 1. The quantitative estimate of drug-likeness (QED) is 0.242. The molecule has 118 valence electrons. The zero-order chi connectivity index (χ0) is 15.1. The van der Waals surface area contributed by atoms with E-state index in [0.29, 0.717) is 6.42 Å². The molecule has 0 aromatic rings. The van der Waals surface area contributed by atoms with Crippen molar-refractivity contribution in [3.05, 3.63) is 12.2 Å². The number of ether oxygens (including phenoxy) is 1. The fourth-order valence-electron chi connectivity index (χ4n) is 2.00. The summed E-state index contributed by atoms with van der Waals surface area (Å²) in [6, 6.07) is 0. The number of esters is 1. The fraction of sp³-hybridized carbons (Fsp3) is 0.833. The van der Waals surface area contributed by atoms with Crippen LogP contribution in [0.4, 0.5) is 0 Å². The highest BCUT2D eigenvalue weighted by molar-refractivity contribution is 5.69. The number of hydrogen-bond donors (Lipinski definition) is 0. The van der Waals surface area contributed by atoms with Crippen LogP contribution in [-0.2, 0) is 9.53 Å². The van der Waals surface area contributed by atoms with Gasteiger partial charge in [0.2, 0.25) is 0 Å². The molecule has 0 saturated heterocycles. The SMILES string of the molecule is CCCCCCC=CCCCCCC(=O)OC(C)CC. The Morgan fingerprint density at radius 2 is 1.55 bits per heavy atom. The number of carbonyl (C=O) groups excluding carboxylic acids is 1. The molecule has 0 aliphatic rings. The Kier molecular flexibility index (Phi) is 14.0. The Labute approximate surface area is 126 Å². The van der Waals surface area contributed by atoms with Crippen LogP contribution in [0.25, 0.3) is 0 Å². The van der Waals surface area contributed by atoms with Gasteiger partial charge in [0, 0.05) is 6.42 Å². The lowest BCUT2D eigenvalue weighted by atomic mass is 10.1. The van der Waals surface area contributed by atoms with E-state index >= 15 is 0 Å². The molecule has 0 bridgehead atoms. The minimum Gasteiger partial charge on any atom is -0.463 e. The lowest BCUT2D eigenvalue weighted by Crippen LogP contribution is -2.13. The maximum atomic E-state index is 11.4. The molecule has 0 spiro atoms. The maximum absolute atomic E-state index is 11.4. The molecule has 0 amide bonds. The van der Waals surface area contributed by atoms with Crippen LogP contribution in [0.5, 0.6) is 0 Å². The fourth-order valence-corrected chi connectivity index (χ4v) is 2.00. The second-order valence-electron chi connectivity index (χ2n) is 5.63. The Hall–Kier alpha value is -0.790. The van der Waals surface area contributed by atoms with Crippen molar-refractivity contribution in [2.24, 2.45) is 0 Å². The van der Waals surface area contributed by atoms with Gasteiger partial charge in [-0.3, -0.25) is 4.79 Å². The van der Waals surface area contributed by atoms with Crippen molar-refractivity contribution in [2.45, 2.75) is 97.5 Å². The molecule has 0 fully saturated rings. The molecule has 0 aliphatic carbocycles. The standard InChI is InChI=1S/C18H34O2/c1-4-6-7-8-9-10-11-12-13-14-15-16-18(19)20-17(3)5-2/h10-11,17H,4-9,12-16H2,1-3H3. The van der Waals surface area contributed by atoms with E-state index in [1.165, 1.54) is 38.5 Å². The molecular formula is C18H34O2. The van der Waals surface area contributed by atoms with Gasteiger partial charge in [0.25, 0.3) is 0 Å². The molecule has 0 aromatic carbocycles. The predicted octanol–water partition coefficient (Wildman–Crippen LogP) is 5.81. The van der Waals surface area contributed by atoms with Gasteiger partial charge in [-0.15, -0.1) is 0 Å². The molecule has 2 nitrogen and oxygen atoms in total.